The Bertz CT molecular complexity index is 871. The van der Waals surface area contributed by atoms with Crippen molar-refractivity contribution in [3.8, 4) is 5.75 Å². The summed E-state index contributed by atoms with van der Waals surface area (Å²) in [6.07, 6.45) is 3.34. The van der Waals surface area contributed by atoms with E-state index in [0.29, 0.717) is 5.82 Å². The van der Waals surface area contributed by atoms with Crippen LogP contribution in [0.5, 0.6) is 5.75 Å². The highest BCUT2D eigenvalue weighted by atomic mass is 32.2. The van der Waals surface area contributed by atoms with Gasteiger partial charge in [-0.25, -0.2) is 13.1 Å². The molecular weight excluding hydrogens is 332 g/mol. The second-order valence-electron chi connectivity index (χ2n) is 5.59. The Labute approximate surface area is 139 Å². The second-order valence-corrected chi connectivity index (χ2v) is 7.27. The first-order valence-corrected chi connectivity index (χ1v) is 8.89. The summed E-state index contributed by atoms with van der Waals surface area (Å²) in [6, 6.07) is 5.89. The first-order valence-electron chi connectivity index (χ1n) is 7.40. The van der Waals surface area contributed by atoms with Crippen molar-refractivity contribution < 1.29 is 17.9 Å². The number of carbonyl (C=O) groups is 1. The lowest BCUT2D eigenvalue weighted by atomic mass is 10.2. The van der Waals surface area contributed by atoms with Gasteiger partial charge in [0.25, 0.3) is 5.91 Å². The number of nitrogens with one attached hydrogen (secondary N) is 2. The molecule has 2 aromatic rings. The SMILES string of the molecule is COc1ccc(C(=O)Nc2ccn(C)n2)cc1S(=O)(=O)NC1CC1. The monoisotopic (exact) mass is 350 g/mol. The topological polar surface area (TPSA) is 102 Å². The Morgan fingerprint density at radius 3 is 2.67 bits per heavy atom. The van der Waals surface area contributed by atoms with E-state index in [-0.39, 0.29) is 22.3 Å². The molecule has 0 saturated heterocycles. The molecule has 0 spiro atoms. The van der Waals surface area contributed by atoms with Crippen molar-refractivity contribution in [3.05, 3.63) is 36.0 Å². The Morgan fingerprint density at radius 2 is 2.08 bits per heavy atom. The number of ether oxygens (including phenoxy) is 1. The molecule has 1 fully saturated rings. The molecule has 3 rings (SSSR count). The van der Waals surface area contributed by atoms with Crippen LogP contribution >= 0.6 is 0 Å². The summed E-state index contributed by atoms with van der Waals surface area (Å²) >= 11 is 0. The first-order chi connectivity index (χ1) is 11.4. The summed E-state index contributed by atoms with van der Waals surface area (Å²) < 4.78 is 34.2. The quantitative estimate of drug-likeness (QED) is 0.813. The maximum Gasteiger partial charge on any atom is 0.256 e. The van der Waals surface area contributed by atoms with Crippen molar-refractivity contribution in [1.82, 2.24) is 14.5 Å². The highest BCUT2D eigenvalue weighted by Crippen LogP contribution is 2.28. The van der Waals surface area contributed by atoms with Gasteiger partial charge in [-0.05, 0) is 31.0 Å². The summed E-state index contributed by atoms with van der Waals surface area (Å²) in [6.45, 7) is 0. The van der Waals surface area contributed by atoms with Crippen LogP contribution in [0, 0.1) is 0 Å². The van der Waals surface area contributed by atoms with Gasteiger partial charge in [-0.15, -0.1) is 0 Å². The van der Waals surface area contributed by atoms with Crippen LogP contribution in [0.15, 0.2) is 35.4 Å². The molecule has 2 N–H and O–H groups in total. The predicted molar refractivity (Wildman–Crippen MR) is 87.5 cm³/mol. The average molecular weight is 350 g/mol. The third-order valence-corrected chi connectivity index (χ3v) is 5.11. The number of benzene rings is 1. The first kappa shape index (κ1) is 16.5. The number of sulfonamides is 1. The molecule has 1 aromatic carbocycles. The standard InChI is InChI=1S/C15H18N4O4S/c1-19-8-7-14(17-19)16-15(20)10-3-6-12(23-2)13(9-10)24(21,22)18-11-4-5-11/h3,6-9,11,18H,4-5H2,1-2H3,(H,16,17,20). The minimum absolute atomic E-state index is 0.0364. The largest absolute Gasteiger partial charge is 0.495 e. The van der Waals surface area contributed by atoms with Crippen LogP contribution in [0.4, 0.5) is 5.82 Å². The van der Waals surface area contributed by atoms with Gasteiger partial charge in [0.2, 0.25) is 10.0 Å². The number of nitrogens with zero attached hydrogens (tertiary/aromatic N) is 2. The molecule has 0 aliphatic heterocycles. The molecule has 1 amide bonds. The summed E-state index contributed by atoms with van der Waals surface area (Å²) in [5.41, 5.74) is 0.206. The molecule has 128 valence electrons. The van der Waals surface area contributed by atoms with Crippen molar-refractivity contribution in [2.24, 2.45) is 7.05 Å². The number of aryl methyl sites for hydroxylation is 1. The predicted octanol–water partition coefficient (Wildman–Crippen LogP) is 1.12. The number of methoxy groups -OCH3 is 1. The fourth-order valence-electron chi connectivity index (χ4n) is 2.18. The molecule has 24 heavy (non-hydrogen) atoms. The highest BCUT2D eigenvalue weighted by Gasteiger charge is 2.30. The summed E-state index contributed by atoms with van der Waals surface area (Å²) in [7, 11) is -0.618. The maximum atomic E-state index is 12.5. The van der Waals surface area contributed by atoms with E-state index in [0.717, 1.165) is 12.8 Å². The molecule has 1 saturated carbocycles. The minimum Gasteiger partial charge on any atom is -0.495 e. The molecular formula is C15H18N4O4S. The lowest BCUT2D eigenvalue weighted by Crippen LogP contribution is -2.26. The Kier molecular flexibility index (Phi) is 4.29. The van der Waals surface area contributed by atoms with Gasteiger partial charge in [-0.3, -0.25) is 9.48 Å². The Morgan fingerprint density at radius 1 is 1.33 bits per heavy atom. The molecule has 9 heteroatoms. The van der Waals surface area contributed by atoms with Crippen molar-refractivity contribution in [2.75, 3.05) is 12.4 Å². The van der Waals surface area contributed by atoms with Gasteiger partial charge in [0.05, 0.1) is 7.11 Å². The van der Waals surface area contributed by atoms with E-state index < -0.39 is 15.9 Å². The van der Waals surface area contributed by atoms with Crippen molar-refractivity contribution in [2.45, 2.75) is 23.8 Å². The zero-order valence-corrected chi connectivity index (χ0v) is 14.1. The van der Waals surface area contributed by atoms with Gasteiger partial charge in [0.15, 0.2) is 5.82 Å². The summed E-state index contributed by atoms with van der Waals surface area (Å²) in [5, 5.41) is 6.68. The van der Waals surface area contributed by atoms with E-state index in [9.17, 15) is 13.2 Å². The lowest BCUT2D eigenvalue weighted by Gasteiger charge is -2.12. The zero-order chi connectivity index (χ0) is 17.3. The Balaban J connectivity index is 1.89. The number of hydrogen-bond acceptors (Lipinski definition) is 5. The fourth-order valence-corrected chi connectivity index (χ4v) is 3.68. The second kappa shape index (κ2) is 6.25. The molecule has 0 atom stereocenters. The Hall–Kier alpha value is -2.39. The third-order valence-electron chi connectivity index (χ3n) is 3.57. The number of hydrogen-bond donors (Lipinski definition) is 2. The summed E-state index contributed by atoms with van der Waals surface area (Å²) in [4.78, 5) is 12.3. The van der Waals surface area contributed by atoms with E-state index >= 15 is 0 Å². The van der Waals surface area contributed by atoms with Gasteiger partial charge in [-0.1, -0.05) is 0 Å². The highest BCUT2D eigenvalue weighted by molar-refractivity contribution is 7.89. The van der Waals surface area contributed by atoms with Crippen LogP contribution in [0.3, 0.4) is 0 Å². The van der Waals surface area contributed by atoms with Crippen LogP contribution in [-0.4, -0.2) is 37.3 Å². The van der Waals surface area contributed by atoms with Crippen molar-refractivity contribution in [3.63, 3.8) is 0 Å². The molecule has 0 bridgehead atoms. The number of anilines is 1. The average Bonchev–Trinajstić information content (AvgIpc) is 3.25. The van der Waals surface area contributed by atoms with Gasteiger partial charge < -0.3 is 10.1 Å². The molecule has 1 aromatic heterocycles. The van der Waals surface area contributed by atoms with E-state index in [4.69, 9.17) is 4.74 Å². The number of carbonyl (C=O) groups excluding carboxylic acids is 1. The van der Waals surface area contributed by atoms with Crippen LogP contribution in [0.25, 0.3) is 0 Å². The van der Waals surface area contributed by atoms with E-state index in [1.54, 1.807) is 24.0 Å². The smallest absolute Gasteiger partial charge is 0.256 e. The van der Waals surface area contributed by atoms with E-state index in [1.807, 2.05) is 0 Å². The number of aromatic nitrogens is 2. The van der Waals surface area contributed by atoms with Gasteiger partial charge in [0.1, 0.15) is 10.6 Å². The molecule has 1 aliphatic carbocycles. The van der Waals surface area contributed by atoms with E-state index in [2.05, 4.69) is 15.1 Å². The molecule has 8 nitrogen and oxygen atoms in total. The van der Waals surface area contributed by atoms with Crippen molar-refractivity contribution >= 4 is 21.7 Å². The maximum absolute atomic E-state index is 12.5. The van der Waals surface area contributed by atoms with Gasteiger partial charge in [-0.2, -0.15) is 5.10 Å². The molecule has 0 unspecified atom stereocenters. The van der Waals surface area contributed by atoms with Gasteiger partial charge >= 0.3 is 0 Å². The third kappa shape index (κ3) is 3.57. The normalized spacial score (nSPS) is 14.4. The molecule has 1 aliphatic rings. The summed E-state index contributed by atoms with van der Waals surface area (Å²) in [5.74, 6) is 0.135. The number of rotatable bonds is 6. The number of amides is 1. The van der Waals surface area contributed by atoms with Gasteiger partial charge in [0, 0.05) is 30.9 Å². The minimum atomic E-state index is -3.74. The van der Waals surface area contributed by atoms with Crippen LogP contribution in [0.2, 0.25) is 0 Å². The fraction of sp³-hybridized carbons (Fsp3) is 0.333. The van der Waals surface area contributed by atoms with Crippen molar-refractivity contribution in [1.29, 1.82) is 0 Å². The molecule has 1 heterocycles. The van der Waals surface area contributed by atoms with Crippen LogP contribution in [-0.2, 0) is 17.1 Å². The van der Waals surface area contributed by atoms with Crippen LogP contribution in [0.1, 0.15) is 23.2 Å². The van der Waals surface area contributed by atoms with Crippen LogP contribution < -0.4 is 14.8 Å². The zero-order valence-electron chi connectivity index (χ0n) is 13.3. The molecule has 0 radical (unpaired) electrons. The lowest BCUT2D eigenvalue weighted by molar-refractivity contribution is 0.102. The van der Waals surface area contributed by atoms with E-state index in [1.165, 1.54) is 25.3 Å².